The largest absolute Gasteiger partial charge is 0.494 e. The van der Waals surface area contributed by atoms with E-state index in [1.807, 2.05) is 41.9 Å². The monoisotopic (exact) mass is 397 g/mol. The summed E-state index contributed by atoms with van der Waals surface area (Å²) in [5, 5.41) is 4.91. The molecule has 0 radical (unpaired) electrons. The minimum Gasteiger partial charge on any atom is -0.494 e. The summed E-state index contributed by atoms with van der Waals surface area (Å²) in [7, 11) is 0. The van der Waals surface area contributed by atoms with Gasteiger partial charge in [-0.15, -0.1) is 0 Å². The molecular weight excluding hydrogens is 370 g/mol. The number of nitrogens with zero attached hydrogens (tertiary/aromatic N) is 3. The van der Waals surface area contributed by atoms with E-state index >= 15 is 0 Å². The van der Waals surface area contributed by atoms with Crippen LogP contribution in [0.2, 0.25) is 0 Å². The number of aryl methyl sites for hydroxylation is 1. The van der Waals surface area contributed by atoms with E-state index in [1.54, 1.807) is 0 Å². The van der Waals surface area contributed by atoms with Crippen LogP contribution in [0.15, 0.2) is 60.8 Å². The summed E-state index contributed by atoms with van der Waals surface area (Å²) in [6, 6.07) is 19.0. The predicted molar refractivity (Wildman–Crippen MR) is 121 cm³/mol. The number of rotatable bonds is 5. The highest BCUT2D eigenvalue weighted by Gasteiger charge is 2.20. The third-order valence-corrected chi connectivity index (χ3v) is 6.17. The first-order valence-corrected chi connectivity index (χ1v) is 10.9. The Morgan fingerprint density at radius 1 is 1.00 bits per heavy atom. The summed E-state index contributed by atoms with van der Waals surface area (Å²) in [6.07, 6.45) is 7.17. The molecule has 0 atom stereocenters. The molecule has 2 aromatic carbocycles. The highest BCUT2D eigenvalue weighted by molar-refractivity contribution is 5.69. The second kappa shape index (κ2) is 7.94. The van der Waals surface area contributed by atoms with Crippen molar-refractivity contribution in [2.24, 2.45) is 0 Å². The van der Waals surface area contributed by atoms with E-state index in [0.29, 0.717) is 12.5 Å². The van der Waals surface area contributed by atoms with Crippen LogP contribution in [0.4, 0.5) is 0 Å². The van der Waals surface area contributed by atoms with Gasteiger partial charge in [0.15, 0.2) is 5.65 Å². The van der Waals surface area contributed by atoms with Crippen LogP contribution in [0, 0.1) is 6.92 Å². The molecule has 0 unspecified atom stereocenters. The van der Waals surface area contributed by atoms with Crippen molar-refractivity contribution in [3.05, 3.63) is 71.9 Å². The van der Waals surface area contributed by atoms with Crippen LogP contribution >= 0.6 is 0 Å². The molecule has 2 aromatic heterocycles. The lowest BCUT2D eigenvalue weighted by atomic mass is 9.91. The summed E-state index contributed by atoms with van der Waals surface area (Å²) >= 11 is 0. The Morgan fingerprint density at radius 3 is 2.70 bits per heavy atom. The van der Waals surface area contributed by atoms with Gasteiger partial charge in [-0.05, 0) is 68.0 Å². The third-order valence-electron chi connectivity index (χ3n) is 6.17. The van der Waals surface area contributed by atoms with Crippen molar-refractivity contribution in [1.82, 2.24) is 14.6 Å². The molecule has 4 aromatic rings. The lowest BCUT2D eigenvalue weighted by Gasteiger charge is -2.15. The lowest BCUT2D eigenvalue weighted by molar-refractivity contribution is 0.340. The molecule has 5 rings (SSSR count). The Hall–Kier alpha value is -3.14. The van der Waals surface area contributed by atoms with Crippen molar-refractivity contribution in [2.45, 2.75) is 45.4 Å². The third kappa shape index (κ3) is 3.47. The zero-order valence-corrected chi connectivity index (χ0v) is 17.6. The van der Waals surface area contributed by atoms with Gasteiger partial charge in [0.05, 0.1) is 18.0 Å². The number of fused-ring (bicyclic) bond motifs is 1. The van der Waals surface area contributed by atoms with E-state index in [1.165, 1.54) is 42.4 Å². The molecule has 0 aliphatic heterocycles. The van der Waals surface area contributed by atoms with Gasteiger partial charge in [-0.3, -0.25) is 0 Å². The molecule has 4 nitrogen and oxygen atoms in total. The molecule has 0 amide bonds. The van der Waals surface area contributed by atoms with E-state index in [-0.39, 0.29) is 0 Å². The van der Waals surface area contributed by atoms with E-state index in [2.05, 4.69) is 42.2 Å². The zero-order valence-electron chi connectivity index (χ0n) is 17.6. The molecule has 1 fully saturated rings. The maximum absolute atomic E-state index is 5.66. The summed E-state index contributed by atoms with van der Waals surface area (Å²) in [5.74, 6) is 1.55. The molecule has 4 heteroatoms. The van der Waals surface area contributed by atoms with Gasteiger partial charge in [0.2, 0.25) is 0 Å². The van der Waals surface area contributed by atoms with Crippen LogP contribution in [0.1, 0.15) is 49.7 Å². The molecule has 152 valence electrons. The smallest absolute Gasteiger partial charge is 0.156 e. The highest BCUT2D eigenvalue weighted by Crippen LogP contribution is 2.37. The van der Waals surface area contributed by atoms with E-state index in [4.69, 9.17) is 9.84 Å². The minimum atomic E-state index is 0.650. The molecule has 0 saturated heterocycles. The number of hydrogen-bond donors (Lipinski definition) is 0. The Morgan fingerprint density at radius 2 is 1.87 bits per heavy atom. The molecule has 2 heterocycles. The Kier molecular flexibility index (Phi) is 4.99. The number of benzene rings is 2. The average Bonchev–Trinajstić information content (AvgIpc) is 3.44. The Labute approximate surface area is 177 Å². The van der Waals surface area contributed by atoms with Crippen LogP contribution in [-0.4, -0.2) is 21.2 Å². The van der Waals surface area contributed by atoms with Crippen LogP contribution in [0.5, 0.6) is 5.75 Å². The maximum atomic E-state index is 5.66. The summed E-state index contributed by atoms with van der Waals surface area (Å²) in [5.41, 5.74) is 7.95. The van der Waals surface area contributed by atoms with Gasteiger partial charge in [0, 0.05) is 23.4 Å². The SMILES string of the molecule is CCOc1cccc(-c2cc3nccc(-c4ccc(C)c(C5CCCC5)c4)n3n2)c1. The van der Waals surface area contributed by atoms with Crippen LogP contribution < -0.4 is 4.74 Å². The standard InChI is InChI=1S/C26H27N3O/c1-3-30-22-10-6-9-20(15-22)24-17-26-27-14-13-25(29(26)28-24)21-12-11-18(2)23(16-21)19-7-4-5-8-19/h6,9-17,19H,3-5,7-8H2,1-2H3. The van der Waals surface area contributed by atoms with Gasteiger partial charge >= 0.3 is 0 Å². The quantitative estimate of drug-likeness (QED) is 0.390. The first-order valence-electron chi connectivity index (χ1n) is 10.9. The number of ether oxygens (including phenoxy) is 1. The first-order chi connectivity index (χ1) is 14.7. The van der Waals surface area contributed by atoms with Crippen molar-refractivity contribution in [3.63, 3.8) is 0 Å². The van der Waals surface area contributed by atoms with E-state index in [0.717, 1.165) is 28.3 Å². The van der Waals surface area contributed by atoms with Gasteiger partial charge in [-0.25, -0.2) is 9.50 Å². The minimum absolute atomic E-state index is 0.650. The fourth-order valence-corrected chi connectivity index (χ4v) is 4.64. The van der Waals surface area contributed by atoms with Crippen molar-refractivity contribution in [1.29, 1.82) is 0 Å². The zero-order chi connectivity index (χ0) is 20.5. The molecule has 0 N–H and O–H groups in total. The summed E-state index contributed by atoms with van der Waals surface area (Å²) in [4.78, 5) is 4.56. The van der Waals surface area contributed by atoms with Gasteiger partial charge in [0.25, 0.3) is 0 Å². The highest BCUT2D eigenvalue weighted by atomic mass is 16.5. The second-order valence-electron chi connectivity index (χ2n) is 8.14. The predicted octanol–water partition coefficient (Wildman–Crippen LogP) is 6.43. The fourth-order valence-electron chi connectivity index (χ4n) is 4.64. The van der Waals surface area contributed by atoms with Gasteiger partial charge in [-0.2, -0.15) is 5.10 Å². The Balaban J connectivity index is 1.58. The lowest BCUT2D eigenvalue weighted by Crippen LogP contribution is -2.00. The van der Waals surface area contributed by atoms with Gasteiger partial charge < -0.3 is 4.74 Å². The molecule has 30 heavy (non-hydrogen) atoms. The van der Waals surface area contributed by atoms with Crippen molar-refractivity contribution in [3.8, 4) is 28.3 Å². The molecule has 1 aliphatic rings. The van der Waals surface area contributed by atoms with Crippen molar-refractivity contribution in [2.75, 3.05) is 6.61 Å². The molecule has 1 saturated carbocycles. The first kappa shape index (κ1) is 18.9. The topological polar surface area (TPSA) is 39.4 Å². The number of hydrogen-bond acceptors (Lipinski definition) is 3. The Bertz CT molecular complexity index is 1190. The normalized spacial score (nSPS) is 14.5. The van der Waals surface area contributed by atoms with Crippen LogP contribution in [-0.2, 0) is 0 Å². The van der Waals surface area contributed by atoms with Crippen LogP contribution in [0.25, 0.3) is 28.2 Å². The molecule has 0 bridgehead atoms. The summed E-state index contributed by atoms with van der Waals surface area (Å²) < 4.78 is 7.62. The average molecular weight is 398 g/mol. The van der Waals surface area contributed by atoms with Crippen molar-refractivity contribution < 1.29 is 4.74 Å². The molecule has 0 spiro atoms. The molecular formula is C26H27N3O. The maximum Gasteiger partial charge on any atom is 0.156 e. The second-order valence-corrected chi connectivity index (χ2v) is 8.14. The van der Waals surface area contributed by atoms with Gasteiger partial charge in [-0.1, -0.05) is 37.1 Å². The van der Waals surface area contributed by atoms with Crippen molar-refractivity contribution >= 4 is 5.65 Å². The summed E-state index contributed by atoms with van der Waals surface area (Å²) in [6.45, 7) is 4.88. The van der Waals surface area contributed by atoms with Crippen LogP contribution in [0.3, 0.4) is 0 Å². The fraction of sp³-hybridized carbons (Fsp3) is 0.308. The number of aromatic nitrogens is 3. The van der Waals surface area contributed by atoms with E-state index < -0.39 is 0 Å². The molecule has 1 aliphatic carbocycles. The van der Waals surface area contributed by atoms with Gasteiger partial charge in [0.1, 0.15) is 5.75 Å². The van der Waals surface area contributed by atoms with E-state index in [9.17, 15) is 0 Å².